The Balaban J connectivity index is 1.84. The smallest absolute Gasteiger partial charge is 0.222 e. The molecule has 0 saturated carbocycles. The second-order valence-corrected chi connectivity index (χ2v) is 5.40. The topological polar surface area (TPSA) is 56.0 Å². The summed E-state index contributed by atoms with van der Waals surface area (Å²) in [6.45, 7) is 5.41. The molecule has 2 rings (SSSR count). The van der Waals surface area contributed by atoms with E-state index in [0.717, 1.165) is 29.9 Å². The number of hydrogen-bond donors (Lipinski definition) is 0. The third-order valence-corrected chi connectivity index (χ3v) is 3.82. The predicted molar refractivity (Wildman–Crippen MR) is 80.6 cm³/mol. The van der Waals surface area contributed by atoms with Crippen molar-refractivity contribution in [2.24, 2.45) is 7.05 Å². The van der Waals surface area contributed by atoms with E-state index in [1.54, 1.807) is 11.1 Å². The van der Waals surface area contributed by atoms with Crippen LogP contribution in [0.4, 0.5) is 0 Å². The highest BCUT2D eigenvalue weighted by Crippen LogP contribution is 2.14. The number of rotatable bonds is 6. The largest absolute Gasteiger partial charge is 0.341 e. The molecule has 2 heterocycles. The maximum atomic E-state index is 12.2. The molecule has 0 fully saturated rings. The minimum Gasteiger partial charge on any atom is -0.341 e. The summed E-state index contributed by atoms with van der Waals surface area (Å²) in [6.07, 6.45) is 5.00. The zero-order chi connectivity index (χ0) is 15.4. The van der Waals surface area contributed by atoms with Crippen LogP contribution in [-0.4, -0.2) is 37.4 Å². The molecule has 0 unspecified atom stereocenters. The molecular weight excluding hydrogens is 266 g/mol. The van der Waals surface area contributed by atoms with E-state index >= 15 is 0 Å². The van der Waals surface area contributed by atoms with Crippen molar-refractivity contribution in [1.29, 1.82) is 0 Å². The standard InChI is InChI=1S/C15H23N5O/c1-12-14(13(2)19(4)17-12)11-18(3)15(21)7-5-9-20-10-6-8-16-20/h6,8,10H,5,7,9,11H2,1-4H3. The lowest BCUT2D eigenvalue weighted by molar-refractivity contribution is -0.130. The molecule has 0 radical (unpaired) electrons. The first-order valence-electron chi connectivity index (χ1n) is 7.19. The van der Waals surface area contributed by atoms with Gasteiger partial charge in [-0.15, -0.1) is 0 Å². The number of hydrogen-bond acceptors (Lipinski definition) is 3. The SMILES string of the molecule is Cc1nn(C)c(C)c1CN(C)C(=O)CCCn1cccn1. The number of carbonyl (C=O) groups excluding carboxylic acids is 1. The van der Waals surface area contributed by atoms with Crippen LogP contribution in [0.2, 0.25) is 0 Å². The normalized spacial score (nSPS) is 10.9. The summed E-state index contributed by atoms with van der Waals surface area (Å²) in [4.78, 5) is 14.0. The molecule has 21 heavy (non-hydrogen) atoms. The van der Waals surface area contributed by atoms with E-state index in [4.69, 9.17) is 0 Å². The monoisotopic (exact) mass is 289 g/mol. The van der Waals surface area contributed by atoms with Crippen LogP contribution in [0.1, 0.15) is 29.8 Å². The van der Waals surface area contributed by atoms with Gasteiger partial charge in [0.15, 0.2) is 0 Å². The molecule has 2 aromatic rings. The van der Waals surface area contributed by atoms with Crippen molar-refractivity contribution in [2.75, 3.05) is 7.05 Å². The number of aryl methyl sites for hydroxylation is 3. The Morgan fingerprint density at radius 3 is 2.71 bits per heavy atom. The van der Waals surface area contributed by atoms with Crippen LogP contribution in [0, 0.1) is 13.8 Å². The highest BCUT2D eigenvalue weighted by molar-refractivity contribution is 5.75. The van der Waals surface area contributed by atoms with Gasteiger partial charge in [-0.05, 0) is 26.3 Å². The second-order valence-electron chi connectivity index (χ2n) is 5.40. The summed E-state index contributed by atoms with van der Waals surface area (Å²) in [5.74, 6) is 0.157. The molecule has 0 atom stereocenters. The van der Waals surface area contributed by atoms with Gasteiger partial charge in [0.05, 0.1) is 5.69 Å². The number of nitrogens with zero attached hydrogens (tertiary/aromatic N) is 5. The molecule has 114 valence electrons. The van der Waals surface area contributed by atoms with E-state index < -0.39 is 0 Å². The second kappa shape index (κ2) is 6.56. The van der Waals surface area contributed by atoms with Gasteiger partial charge in [0.2, 0.25) is 5.91 Å². The van der Waals surface area contributed by atoms with Crippen LogP contribution >= 0.6 is 0 Å². The Morgan fingerprint density at radius 2 is 2.14 bits per heavy atom. The van der Waals surface area contributed by atoms with E-state index in [0.29, 0.717) is 13.0 Å². The van der Waals surface area contributed by atoms with Gasteiger partial charge in [0, 0.05) is 57.3 Å². The van der Waals surface area contributed by atoms with Gasteiger partial charge in [-0.25, -0.2) is 0 Å². The third kappa shape index (κ3) is 3.71. The van der Waals surface area contributed by atoms with Crippen molar-refractivity contribution in [1.82, 2.24) is 24.5 Å². The summed E-state index contributed by atoms with van der Waals surface area (Å²) in [5, 5.41) is 8.52. The highest BCUT2D eigenvalue weighted by atomic mass is 16.2. The van der Waals surface area contributed by atoms with Gasteiger partial charge in [0.1, 0.15) is 0 Å². The third-order valence-electron chi connectivity index (χ3n) is 3.82. The zero-order valence-electron chi connectivity index (χ0n) is 13.2. The average Bonchev–Trinajstić information content (AvgIpc) is 3.03. The van der Waals surface area contributed by atoms with Gasteiger partial charge in [0.25, 0.3) is 0 Å². The predicted octanol–water partition coefficient (Wildman–Crippen LogP) is 1.67. The molecule has 6 heteroatoms. The van der Waals surface area contributed by atoms with Crippen LogP contribution in [0.25, 0.3) is 0 Å². The maximum absolute atomic E-state index is 12.2. The molecule has 0 aliphatic heterocycles. The van der Waals surface area contributed by atoms with Crippen molar-refractivity contribution in [3.8, 4) is 0 Å². The maximum Gasteiger partial charge on any atom is 0.222 e. The molecule has 6 nitrogen and oxygen atoms in total. The van der Waals surface area contributed by atoms with Gasteiger partial charge >= 0.3 is 0 Å². The van der Waals surface area contributed by atoms with Crippen molar-refractivity contribution in [3.05, 3.63) is 35.4 Å². The summed E-state index contributed by atoms with van der Waals surface area (Å²) in [5.41, 5.74) is 3.25. The highest BCUT2D eigenvalue weighted by Gasteiger charge is 2.15. The summed E-state index contributed by atoms with van der Waals surface area (Å²) < 4.78 is 3.71. The molecule has 0 N–H and O–H groups in total. The lowest BCUT2D eigenvalue weighted by Gasteiger charge is -2.17. The van der Waals surface area contributed by atoms with Crippen molar-refractivity contribution < 1.29 is 4.79 Å². The van der Waals surface area contributed by atoms with Crippen molar-refractivity contribution in [2.45, 2.75) is 39.8 Å². The van der Waals surface area contributed by atoms with Crippen molar-refractivity contribution >= 4 is 5.91 Å². The van der Waals surface area contributed by atoms with Crippen LogP contribution < -0.4 is 0 Å². The minimum absolute atomic E-state index is 0.157. The molecule has 0 bridgehead atoms. The van der Waals surface area contributed by atoms with Gasteiger partial charge in [-0.1, -0.05) is 0 Å². The Labute approximate surface area is 125 Å². The summed E-state index contributed by atoms with van der Waals surface area (Å²) in [7, 11) is 3.78. The quantitative estimate of drug-likeness (QED) is 0.813. The first-order valence-corrected chi connectivity index (χ1v) is 7.19. The Kier molecular flexibility index (Phi) is 4.77. The molecule has 0 aliphatic carbocycles. The molecule has 2 aromatic heterocycles. The molecule has 0 spiro atoms. The van der Waals surface area contributed by atoms with Crippen molar-refractivity contribution in [3.63, 3.8) is 0 Å². The Morgan fingerprint density at radius 1 is 1.38 bits per heavy atom. The van der Waals surface area contributed by atoms with Crippen LogP contribution in [0.3, 0.4) is 0 Å². The number of carbonyl (C=O) groups is 1. The lowest BCUT2D eigenvalue weighted by atomic mass is 10.2. The van der Waals surface area contributed by atoms with Crippen LogP contribution in [0.5, 0.6) is 0 Å². The first-order chi connectivity index (χ1) is 9.99. The van der Waals surface area contributed by atoms with E-state index in [-0.39, 0.29) is 5.91 Å². The fraction of sp³-hybridized carbons (Fsp3) is 0.533. The molecule has 0 aliphatic rings. The van der Waals surface area contributed by atoms with E-state index in [1.807, 2.05) is 49.6 Å². The van der Waals surface area contributed by atoms with Gasteiger partial charge in [-0.3, -0.25) is 14.2 Å². The number of amides is 1. The first kappa shape index (κ1) is 15.3. The molecular formula is C15H23N5O. The van der Waals surface area contributed by atoms with Crippen LogP contribution in [-0.2, 0) is 24.9 Å². The molecule has 1 amide bonds. The fourth-order valence-corrected chi connectivity index (χ4v) is 2.39. The fourth-order valence-electron chi connectivity index (χ4n) is 2.39. The van der Waals surface area contributed by atoms with Gasteiger partial charge < -0.3 is 4.90 Å². The van der Waals surface area contributed by atoms with E-state index in [9.17, 15) is 4.79 Å². The van der Waals surface area contributed by atoms with Crippen LogP contribution in [0.15, 0.2) is 18.5 Å². The number of aromatic nitrogens is 4. The minimum atomic E-state index is 0.157. The Bertz CT molecular complexity index is 600. The molecule has 0 aromatic carbocycles. The Hall–Kier alpha value is -2.11. The van der Waals surface area contributed by atoms with E-state index in [1.165, 1.54) is 0 Å². The summed E-state index contributed by atoms with van der Waals surface area (Å²) >= 11 is 0. The summed E-state index contributed by atoms with van der Waals surface area (Å²) in [6, 6.07) is 1.89. The zero-order valence-corrected chi connectivity index (χ0v) is 13.2. The molecule has 0 saturated heterocycles. The van der Waals surface area contributed by atoms with E-state index in [2.05, 4.69) is 10.2 Å². The lowest BCUT2D eigenvalue weighted by Crippen LogP contribution is -2.26. The van der Waals surface area contributed by atoms with Gasteiger partial charge in [-0.2, -0.15) is 10.2 Å². The average molecular weight is 289 g/mol.